The van der Waals surface area contributed by atoms with Crippen molar-refractivity contribution >= 4 is 23.5 Å². The van der Waals surface area contributed by atoms with Crippen molar-refractivity contribution in [2.24, 2.45) is 33.5 Å². The van der Waals surface area contributed by atoms with Crippen LogP contribution in [0.5, 0.6) is 0 Å². The van der Waals surface area contributed by atoms with Crippen LogP contribution in [0.25, 0.3) is 0 Å². The molecule has 6 atom stereocenters. The summed E-state index contributed by atoms with van der Waals surface area (Å²) in [7, 11) is 0. The minimum atomic E-state index is -1.59. The lowest BCUT2D eigenvalue weighted by atomic mass is 9.61. The number of nitrogens with two attached hydrogens (primary N) is 2. The lowest BCUT2D eigenvalue weighted by Crippen LogP contribution is -2.57. The summed E-state index contributed by atoms with van der Waals surface area (Å²) in [5.41, 5.74) is 8.83. The summed E-state index contributed by atoms with van der Waals surface area (Å²) in [4.78, 5) is 46.1. The van der Waals surface area contributed by atoms with Crippen LogP contribution in [0.3, 0.4) is 0 Å². The summed E-state index contributed by atoms with van der Waals surface area (Å²) in [5.74, 6) is -1.62. The lowest BCUT2D eigenvalue weighted by Gasteiger charge is -2.45. The molecule has 2 aliphatic rings. The monoisotopic (exact) mass is 542 g/mol. The predicted molar refractivity (Wildman–Crippen MR) is 136 cm³/mol. The van der Waals surface area contributed by atoms with Crippen molar-refractivity contribution in [3.8, 4) is 0 Å². The van der Waals surface area contributed by atoms with E-state index in [1.807, 2.05) is 0 Å². The Labute approximate surface area is 219 Å². The van der Waals surface area contributed by atoms with Gasteiger partial charge in [-0.25, -0.2) is 20.4 Å². The number of nitro groups is 2. The van der Waals surface area contributed by atoms with Crippen LogP contribution in [0.2, 0.25) is 0 Å². The minimum Gasteiger partial charge on any atom is -0.389 e. The Morgan fingerprint density at radius 3 is 1.39 bits per heavy atom. The van der Waals surface area contributed by atoms with Gasteiger partial charge in [-0.2, -0.15) is 10.2 Å². The fourth-order valence-corrected chi connectivity index (χ4v) is 5.80. The number of nitrogens with zero attached hydrogens (tertiary/aromatic N) is 4. The highest BCUT2D eigenvalue weighted by Gasteiger charge is 2.59. The van der Waals surface area contributed by atoms with Gasteiger partial charge < -0.3 is 21.7 Å². The molecule has 16 nitrogen and oxygen atoms in total. The maximum atomic E-state index is 12.4. The SMILES string of the molecule is CC(=NNC(N)=O)C1CC(CCC2([N+](=O)[O-])CCC(C)(O)C(C(C)=NNC(N)=O)C2)([N+](=O)[O-])CCC1(C)O. The number of carbonyl (C=O) groups is 2. The topological polar surface area (TPSA) is 262 Å². The quantitative estimate of drug-likeness (QED) is 0.139. The van der Waals surface area contributed by atoms with E-state index in [-0.39, 0.29) is 62.8 Å². The second-order valence-corrected chi connectivity index (χ2v) is 11.1. The largest absolute Gasteiger partial charge is 0.389 e. The van der Waals surface area contributed by atoms with E-state index in [2.05, 4.69) is 21.1 Å². The Bertz CT molecular complexity index is 949. The van der Waals surface area contributed by atoms with Crippen LogP contribution < -0.4 is 22.3 Å². The van der Waals surface area contributed by atoms with Gasteiger partial charge >= 0.3 is 12.1 Å². The first-order chi connectivity index (χ1) is 17.4. The minimum absolute atomic E-state index is 0.0159. The summed E-state index contributed by atoms with van der Waals surface area (Å²) in [6.07, 6.45) is -0.578. The van der Waals surface area contributed by atoms with Crippen molar-refractivity contribution in [3.63, 3.8) is 0 Å². The van der Waals surface area contributed by atoms with Gasteiger partial charge in [-0.05, 0) is 40.5 Å². The highest BCUT2D eigenvalue weighted by Crippen LogP contribution is 2.48. The maximum Gasteiger partial charge on any atom is 0.332 e. The van der Waals surface area contributed by atoms with Crippen molar-refractivity contribution in [2.45, 2.75) is 101 Å². The zero-order chi connectivity index (χ0) is 29.1. The summed E-state index contributed by atoms with van der Waals surface area (Å²) < 4.78 is 0. The van der Waals surface area contributed by atoms with Crippen LogP contribution in [-0.4, -0.2) is 65.8 Å². The molecule has 0 aromatic heterocycles. The highest BCUT2D eigenvalue weighted by molar-refractivity contribution is 5.87. The molecule has 2 saturated carbocycles. The molecule has 2 fully saturated rings. The van der Waals surface area contributed by atoms with E-state index in [4.69, 9.17) is 11.5 Å². The van der Waals surface area contributed by atoms with Crippen LogP contribution >= 0.6 is 0 Å². The van der Waals surface area contributed by atoms with E-state index >= 15 is 0 Å². The number of aliphatic hydroxyl groups is 2. The maximum absolute atomic E-state index is 12.4. The van der Waals surface area contributed by atoms with Gasteiger partial charge in [0.15, 0.2) is 0 Å². The molecule has 38 heavy (non-hydrogen) atoms. The predicted octanol–water partition coefficient (Wildman–Crippen LogP) is 0.988. The van der Waals surface area contributed by atoms with E-state index in [0.717, 1.165) is 0 Å². The molecule has 214 valence electrons. The van der Waals surface area contributed by atoms with Gasteiger partial charge in [-0.1, -0.05) is 0 Å². The number of hydrazone groups is 2. The van der Waals surface area contributed by atoms with Gasteiger partial charge in [0.2, 0.25) is 11.1 Å². The number of urea groups is 2. The summed E-state index contributed by atoms with van der Waals surface area (Å²) >= 11 is 0. The normalized spacial score (nSPS) is 36.3. The van der Waals surface area contributed by atoms with E-state index < -0.39 is 56.0 Å². The lowest BCUT2D eigenvalue weighted by molar-refractivity contribution is -0.596. The number of rotatable bonds is 9. The number of carbonyl (C=O) groups excluding carboxylic acids is 2. The second kappa shape index (κ2) is 11.1. The van der Waals surface area contributed by atoms with Gasteiger partial charge in [0.05, 0.1) is 11.2 Å². The third-order valence-electron chi connectivity index (χ3n) is 8.39. The molecule has 2 rings (SSSR count). The molecular weight excluding hydrogens is 504 g/mol. The molecule has 2 aliphatic carbocycles. The van der Waals surface area contributed by atoms with Crippen LogP contribution in [-0.2, 0) is 0 Å². The van der Waals surface area contributed by atoms with Gasteiger partial charge in [0.1, 0.15) is 0 Å². The molecule has 0 bridgehead atoms. The van der Waals surface area contributed by atoms with Crippen molar-refractivity contribution < 1.29 is 29.6 Å². The average molecular weight is 543 g/mol. The Hall–Kier alpha value is -3.40. The van der Waals surface area contributed by atoms with Gasteiger partial charge in [-0.15, -0.1) is 0 Å². The third-order valence-corrected chi connectivity index (χ3v) is 8.39. The summed E-state index contributed by atoms with van der Waals surface area (Å²) in [5, 5.41) is 54.4. The van der Waals surface area contributed by atoms with E-state index in [9.17, 15) is 40.0 Å². The Kier molecular flexibility index (Phi) is 9.04. The molecule has 16 heteroatoms. The molecule has 4 amide bonds. The van der Waals surface area contributed by atoms with Crippen LogP contribution in [0, 0.1) is 32.1 Å². The van der Waals surface area contributed by atoms with Gasteiger partial charge in [-0.3, -0.25) is 20.2 Å². The first-order valence-corrected chi connectivity index (χ1v) is 12.3. The number of primary amides is 2. The molecule has 0 aromatic rings. The highest BCUT2D eigenvalue weighted by atomic mass is 16.6. The molecule has 6 unspecified atom stereocenters. The van der Waals surface area contributed by atoms with Crippen LogP contribution in [0.1, 0.15) is 79.1 Å². The fourth-order valence-electron chi connectivity index (χ4n) is 5.80. The fraction of sp³-hybridized carbons (Fsp3) is 0.818. The molecule has 0 spiro atoms. The Morgan fingerprint density at radius 1 is 0.816 bits per heavy atom. The number of hydrogen-bond acceptors (Lipinski definition) is 10. The smallest absolute Gasteiger partial charge is 0.332 e. The first-order valence-electron chi connectivity index (χ1n) is 12.3. The Morgan fingerprint density at radius 2 is 1.13 bits per heavy atom. The van der Waals surface area contributed by atoms with Gasteiger partial charge in [0.25, 0.3) is 0 Å². The van der Waals surface area contributed by atoms with Crippen molar-refractivity contribution in [3.05, 3.63) is 20.2 Å². The third kappa shape index (κ3) is 6.72. The molecule has 8 N–H and O–H groups in total. The van der Waals surface area contributed by atoms with Crippen LogP contribution in [0.4, 0.5) is 9.59 Å². The zero-order valence-electron chi connectivity index (χ0n) is 22.1. The average Bonchev–Trinajstić information content (AvgIpc) is 2.80. The molecular formula is C22H38N8O8. The van der Waals surface area contributed by atoms with Gasteiger partial charge in [0, 0.05) is 71.6 Å². The molecule has 0 aliphatic heterocycles. The number of amides is 4. The Balaban J connectivity index is 2.38. The van der Waals surface area contributed by atoms with E-state index in [1.54, 1.807) is 0 Å². The molecule has 0 radical (unpaired) electrons. The summed E-state index contributed by atoms with van der Waals surface area (Å²) in [6, 6.07) is -1.86. The van der Waals surface area contributed by atoms with Crippen LogP contribution in [0.15, 0.2) is 10.2 Å². The first kappa shape index (κ1) is 30.8. The van der Waals surface area contributed by atoms with Crippen molar-refractivity contribution in [1.29, 1.82) is 0 Å². The molecule has 0 aromatic carbocycles. The van der Waals surface area contributed by atoms with E-state index in [0.29, 0.717) is 0 Å². The second-order valence-electron chi connectivity index (χ2n) is 11.1. The standard InChI is InChI=1S/C22H38N8O8/c1-13(25-27-17(23)31)15-11-21(29(35)36,7-5-19(15,3)33)9-10-22(30(37)38)8-6-20(4,34)16(12-22)14(2)26-28-18(24)32/h15-16,33-34H,5-12H2,1-4H3,(H3,23,27,31)(H3,24,28,32). The zero-order valence-corrected chi connectivity index (χ0v) is 22.1. The number of nitrogens with one attached hydrogen (secondary N) is 2. The molecule has 0 heterocycles. The number of hydrogen-bond donors (Lipinski definition) is 6. The van der Waals surface area contributed by atoms with E-state index in [1.165, 1.54) is 27.7 Å². The van der Waals surface area contributed by atoms with Crippen molar-refractivity contribution in [2.75, 3.05) is 0 Å². The summed E-state index contributed by atoms with van der Waals surface area (Å²) in [6.45, 7) is 6.08. The van der Waals surface area contributed by atoms with Crippen molar-refractivity contribution in [1.82, 2.24) is 10.9 Å². The molecule has 0 saturated heterocycles.